The summed E-state index contributed by atoms with van der Waals surface area (Å²) in [4.78, 5) is 0. The van der Waals surface area contributed by atoms with Crippen LogP contribution in [-0.4, -0.2) is 41.3 Å². The van der Waals surface area contributed by atoms with Crippen molar-refractivity contribution in [1.82, 2.24) is 15.1 Å². The number of nitrogens with zero attached hydrogens (tertiary/aromatic N) is 2. The van der Waals surface area contributed by atoms with Gasteiger partial charge >= 0.3 is 0 Å². The van der Waals surface area contributed by atoms with Gasteiger partial charge in [0.05, 0.1) is 24.4 Å². The highest BCUT2D eigenvalue weighted by Gasteiger charge is 2.15. The number of aromatic nitrogens is 2. The molecule has 1 atom stereocenters. The molecule has 1 fully saturated rings. The summed E-state index contributed by atoms with van der Waals surface area (Å²) in [5.74, 6) is 0. The largest absolute Gasteiger partial charge is 0.389 e. The molecular formula is C14H25N3O2. The van der Waals surface area contributed by atoms with E-state index in [2.05, 4.69) is 27.4 Å². The predicted molar refractivity (Wildman–Crippen MR) is 73.9 cm³/mol. The second-order valence-corrected chi connectivity index (χ2v) is 5.32. The van der Waals surface area contributed by atoms with Crippen LogP contribution in [0.3, 0.4) is 0 Å². The highest BCUT2D eigenvalue weighted by molar-refractivity contribution is 4.99. The van der Waals surface area contributed by atoms with Gasteiger partial charge in [0.25, 0.3) is 0 Å². The van der Waals surface area contributed by atoms with Crippen LogP contribution in [0.5, 0.6) is 0 Å². The normalized spacial score (nSPS) is 18.6. The second kappa shape index (κ2) is 7.62. The van der Waals surface area contributed by atoms with Gasteiger partial charge in [0, 0.05) is 26.4 Å². The van der Waals surface area contributed by atoms with Crippen LogP contribution in [0.4, 0.5) is 0 Å². The number of ether oxygens (including phenoxy) is 1. The molecule has 0 spiro atoms. The van der Waals surface area contributed by atoms with Crippen LogP contribution in [-0.2, 0) is 11.3 Å². The van der Waals surface area contributed by atoms with Gasteiger partial charge in [-0.1, -0.05) is 19.3 Å². The molecule has 1 aliphatic rings. The van der Waals surface area contributed by atoms with Gasteiger partial charge in [-0.3, -0.25) is 4.68 Å². The summed E-state index contributed by atoms with van der Waals surface area (Å²) in [6.07, 6.45) is 8.14. The summed E-state index contributed by atoms with van der Waals surface area (Å²) in [6, 6.07) is 2.64. The molecule has 1 heterocycles. The van der Waals surface area contributed by atoms with Crippen molar-refractivity contribution in [2.24, 2.45) is 0 Å². The van der Waals surface area contributed by atoms with Gasteiger partial charge in [-0.05, 0) is 18.9 Å². The molecule has 5 heteroatoms. The van der Waals surface area contributed by atoms with Crippen molar-refractivity contribution in [3.63, 3.8) is 0 Å². The van der Waals surface area contributed by atoms with Crippen LogP contribution in [0.15, 0.2) is 12.3 Å². The number of hydrogen-bond acceptors (Lipinski definition) is 4. The minimum absolute atomic E-state index is 0.365. The first-order chi connectivity index (χ1) is 9.29. The van der Waals surface area contributed by atoms with Crippen molar-refractivity contribution >= 4 is 0 Å². The number of aliphatic hydroxyl groups is 1. The van der Waals surface area contributed by atoms with E-state index in [0.29, 0.717) is 25.7 Å². The first-order valence-corrected chi connectivity index (χ1v) is 7.21. The number of aliphatic hydroxyl groups excluding tert-OH is 1. The van der Waals surface area contributed by atoms with E-state index in [1.165, 1.54) is 32.1 Å². The Labute approximate surface area is 115 Å². The summed E-state index contributed by atoms with van der Waals surface area (Å²) in [6.45, 7) is 1.59. The monoisotopic (exact) mass is 267 g/mol. The molecular weight excluding hydrogens is 242 g/mol. The molecule has 108 valence electrons. The standard InChI is InChI=1S/C14H25N3O2/c1-19-11-14(18)10-15-9-12-7-8-17(16-12)13-5-3-2-4-6-13/h7-8,13-15,18H,2-6,9-11H2,1H3. The molecule has 2 rings (SSSR count). The first kappa shape index (κ1) is 14.5. The summed E-state index contributed by atoms with van der Waals surface area (Å²) < 4.78 is 6.99. The quantitative estimate of drug-likeness (QED) is 0.786. The third kappa shape index (κ3) is 4.60. The lowest BCUT2D eigenvalue weighted by Gasteiger charge is -2.21. The molecule has 1 aromatic rings. The molecule has 0 aromatic carbocycles. The Morgan fingerprint density at radius 1 is 1.47 bits per heavy atom. The molecule has 1 aliphatic carbocycles. The molecule has 5 nitrogen and oxygen atoms in total. The Morgan fingerprint density at radius 3 is 3.00 bits per heavy atom. The van der Waals surface area contributed by atoms with Crippen molar-refractivity contribution in [3.8, 4) is 0 Å². The molecule has 1 aromatic heterocycles. The van der Waals surface area contributed by atoms with E-state index in [1.807, 2.05) is 0 Å². The van der Waals surface area contributed by atoms with Crippen LogP contribution >= 0.6 is 0 Å². The van der Waals surface area contributed by atoms with E-state index >= 15 is 0 Å². The van der Waals surface area contributed by atoms with Gasteiger partial charge < -0.3 is 15.2 Å². The first-order valence-electron chi connectivity index (χ1n) is 7.21. The minimum Gasteiger partial charge on any atom is -0.389 e. The third-order valence-corrected chi connectivity index (χ3v) is 3.66. The SMILES string of the molecule is COCC(O)CNCc1ccn(C2CCCCC2)n1. The van der Waals surface area contributed by atoms with E-state index in [9.17, 15) is 5.11 Å². The van der Waals surface area contributed by atoms with Crippen molar-refractivity contribution in [2.75, 3.05) is 20.3 Å². The maximum absolute atomic E-state index is 9.52. The zero-order chi connectivity index (χ0) is 13.5. The molecule has 1 unspecified atom stereocenters. The highest BCUT2D eigenvalue weighted by Crippen LogP contribution is 2.27. The van der Waals surface area contributed by atoms with E-state index in [0.717, 1.165) is 5.69 Å². The van der Waals surface area contributed by atoms with Gasteiger partial charge in [-0.25, -0.2) is 0 Å². The predicted octanol–water partition coefficient (Wildman–Crippen LogP) is 1.49. The van der Waals surface area contributed by atoms with Gasteiger partial charge in [0.1, 0.15) is 0 Å². The maximum atomic E-state index is 9.52. The van der Waals surface area contributed by atoms with Crippen LogP contribution in [0, 0.1) is 0 Å². The molecule has 0 bridgehead atoms. The average Bonchev–Trinajstić information content (AvgIpc) is 2.89. The third-order valence-electron chi connectivity index (χ3n) is 3.66. The molecule has 19 heavy (non-hydrogen) atoms. The Kier molecular flexibility index (Phi) is 5.82. The molecule has 0 amide bonds. The minimum atomic E-state index is -0.453. The molecule has 0 saturated heterocycles. The van der Waals surface area contributed by atoms with E-state index in [-0.39, 0.29) is 0 Å². The van der Waals surface area contributed by atoms with Gasteiger partial charge in [0.15, 0.2) is 0 Å². The summed E-state index contributed by atoms with van der Waals surface area (Å²) in [5.41, 5.74) is 1.04. The van der Waals surface area contributed by atoms with Gasteiger partial charge in [0.2, 0.25) is 0 Å². The second-order valence-electron chi connectivity index (χ2n) is 5.32. The van der Waals surface area contributed by atoms with Crippen molar-refractivity contribution in [2.45, 2.75) is 50.8 Å². The maximum Gasteiger partial charge on any atom is 0.0897 e. The van der Waals surface area contributed by atoms with Crippen LogP contribution in [0.1, 0.15) is 43.8 Å². The van der Waals surface area contributed by atoms with Crippen molar-refractivity contribution < 1.29 is 9.84 Å². The van der Waals surface area contributed by atoms with E-state index < -0.39 is 6.10 Å². The van der Waals surface area contributed by atoms with Gasteiger partial charge in [-0.2, -0.15) is 5.10 Å². The fourth-order valence-corrected chi connectivity index (χ4v) is 2.64. The molecule has 0 radical (unpaired) electrons. The summed E-state index contributed by atoms with van der Waals surface area (Å²) in [7, 11) is 1.59. The molecule has 2 N–H and O–H groups in total. The van der Waals surface area contributed by atoms with Crippen LogP contribution in [0.25, 0.3) is 0 Å². The lowest BCUT2D eigenvalue weighted by atomic mass is 9.96. The summed E-state index contributed by atoms with van der Waals surface area (Å²) >= 11 is 0. The number of rotatable bonds is 7. The van der Waals surface area contributed by atoms with Crippen LogP contribution in [0.2, 0.25) is 0 Å². The van der Waals surface area contributed by atoms with Crippen molar-refractivity contribution in [3.05, 3.63) is 18.0 Å². The number of methoxy groups -OCH3 is 1. The molecule has 0 aliphatic heterocycles. The Bertz CT molecular complexity index is 361. The fraction of sp³-hybridized carbons (Fsp3) is 0.786. The Hall–Kier alpha value is -0.910. The van der Waals surface area contributed by atoms with Gasteiger partial charge in [-0.15, -0.1) is 0 Å². The summed E-state index contributed by atoms with van der Waals surface area (Å²) in [5, 5.41) is 17.3. The van der Waals surface area contributed by atoms with E-state index in [4.69, 9.17) is 4.74 Å². The fourth-order valence-electron chi connectivity index (χ4n) is 2.64. The number of hydrogen-bond donors (Lipinski definition) is 2. The smallest absolute Gasteiger partial charge is 0.0897 e. The average molecular weight is 267 g/mol. The van der Waals surface area contributed by atoms with Crippen molar-refractivity contribution in [1.29, 1.82) is 0 Å². The molecule has 1 saturated carbocycles. The lowest BCUT2D eigenvalue weighted by molar-refractivity contribution is 0.0643. The topological polar surface area (TPSA) is 59.3 Å². The zero-order valence-corrected chi connectivity index (χ0v) is 11.7. The zero-order valence-electron chi connectivity index (χ0n) is 11.7. The Morgan fingerprint density at radius 2 is 2.26 bits per heavy atom. The highest BCUT2D eigenvalue weighted by atomic mass is 16.5. The Balaban J connectivity index is 1.74. The lowest BCUT2D eigenvalue weighted by Crippen LogP contribution is -2.29. The van der Waals surface area contributed by atoms with E-state index in [1.54, 1.807) is 7.11 Å². The number of nitrogens with one attached hydrogen (secondary N) is 1. The van der Waals surface area contributed by atoms with Crippen LogP contribution < -0.4 is 5.32 Å².